The maximum atomic E-state index is 13.9. The number of ketones is 2. The molecule has 0 unspecified atom stereocenters. The molecule has 0 saturated heterocycles. The molecule has 0 radical (unpaired) electrons. The minimum absolute atomic E-state index is 0.0302. The molecule has 0 aromatic heterocycles. The molecule has 50 heavy (non-hydrogen) atoms. The number of carbonyl (C=O) groups is 2. The van der Waals surface area contributed by atoms with Crippen LogP contribution in [0.25, 0.3) is 11.6 Å². The fraction of sp³-hybridized carbons (Fsp3) is 0.191. The molecular weight excluding hydrogens is 613 g/mol. The number of phenolic OH excluding ortho intramolecular Hbond substituents is 1. The SMILES string of the molecule is C#CC/C(C)=C(/CC(/C=C\C)=C/C=C)C(=C)C(=O)/C(C)=C/C1=C(C)C(=O)c2c(cc(C=C)c(O)c2Cc2ccccc2)C1=C.C=C.C=C.CC. The quantitative estimate of drug-likeness (QED) is 0.106. The third kappa shape index (κ3) is 10.9. The van der Waals surface area contributed by atoms with Crippen LogP contribution in [0, 0.1) is 12.3 Å². The highest BCUT2D eigenvalue weighted by Gasteiger charge is 2.31. The molecule has 260 valence electrons. The number of fused-ring (bicyclic) bond motifs is 1. The Morgan fingerprint density at radius 2 is 1.64 bits per heavy atom. The molecule has 0 spiro atoms. The summed E-state index contributed by atoms with van der Waals surface area (Å²) in [5.41, 5.74) is 8.05. The summed E-state index contributed by atoms with van der Waals surface area (Å²) in [6.45, 7) is 39.5. The lowest BCUT2D eigenvalue weighted by Gasteiger charge is -2.25. The summed E-state index contributed by atoms with van der Waals surface area (Å²) in [7, 11) is 0. The largest absolute Gasteiger partial charge is 0.507 e. The van der Waals surface area contributed by atoms with Crippen LogP contribution in [0.2, 0.25) is 0 Å². The van der Waals surface area contributed by atoms with Crippen LogP contribution in [-0.4, -0.2) is 16.7 Å². The van der Waals surface area contributed by atoms with Crippen LogP contribution in [0.5, 0.6) is 5.75 Å². The second kappa shape index (κ2) is 22.8. The van der Waals surface area contributed by atoms with Crippen molar-refractivity contribution in [2.45, 2.75) is 60.8 Å². The van der Waals surface area contributed by atoms with Crippen molar-refractivity contribution in [2.75, 3.05) is 0 Å². The third-order valence-electron chi connectivity index (χ3n) is 7.83. The van der Waals surface area contributed by atoms with E-state index in [-0.39, 0.29) is 17.3 Å². The number of terminal acetylenes is 1. The van der Waals surface area contributed by atoms with E-state index in [0.29, 0.717) is 69.4 Å². The summed E-state index contributed by atoms with van der Waals surface area (Å²) in [5.74, 6) is 2.24. The van der Waals surface area contributed by atoms with Crippen molar-refractivity contribution in [3.05, 3.63) is 186 Å². The lowest BCUT2D eigenvalue weighted by molar-refractivity contribution is -0.112. The number of hydrogen-bond donors (Lipinski definition) is 1. The fourth-order valence-corrected chi connectivity index (χ4v) is 5.43. The number of carbonyl (C=O) groups excluding carboxylic acids is 2. The lowest BCUT2D eigenvalue weighted by atomic mass is 9.77. The Labute approximate surface area is 302 Å². The van der Waals surface area contributed by atoms with E-state index in [1.165, 1.54) is 0 Å². The number of Topliss-reactive ketones (excluding diaryl/α,β-unsaturated/α-hetero) is 2. The van der Waals surface area contributed by atoms with Gasteiger partial charge in [-0.1, -0.05) is 106 Å². The maximum Gasteiger partial charge on any atom is 0.190 e. The maximum absolute atomic E-state index is 13.9. The number of allylic oxidation sites excluding steroid dienone is 13. The molecule has 1 aliphatic carbocycles. The molecule has 2 aromatic carbocycles. The first-order valence-corrected chi connectivity index (χ1v) is 16.5. The normalized spacial score (nSPS) is 12.8. The average molecular weight is 667 g/mol. The molecule has 0 heterocycles. The number of phenols is 1. The number of hydrogen-bond acceptors (Lipinski definition) is 3. The van der Waals surface area contributed by atoms with E-state index >= 15 is 0 Å². The van der Waals surface area contributed by atoms with Gasteiger partial charge in [0.1, 0.15) is 5.75 Å². The zero-order valence-corrected chi connectivity index (χ0v) is 31.0. The van der Waals surface area contributed by atoms with Crippen molar-refractivity contribution in [2.24, 2.45) is 0 Å². The first kappa shape index (κ1) is 44.3. The van der Waals surface area contributed by atoms with E-state index in [1.54, 1.807) is 38.1 Å². The molecule has 0 atom stereocenters. The zero-order chi connectivity index (χ0) is 38.6. The predicted molar refractivity (Wildman–Crippen MR) is 219 cm³/mol. The minimum atomic E-state index is -0.247. The smallest absolute Gasteiger partial charge is 0.190 e. The van der Waals surface area contributed by atoms with Gasteiger partial charge in [-0.25, -0.2) is 0 Å². The van der Waals surface area contributed by atoms with Gasteiger partial charge in [-0.3, -0.25) is 9.59 Å². The number of aromatic hydroxyl groups is 1. The Hall–Kier alpha value is -5.72. The van der Waals surface area contributed by atoms with E-state index in [9.17, 15) is 14.7 Å². The summed E-state index contributed by atoms with van der Waals surface area (Å²) in [6.07, 6.45) is 17.6. The first-order valence-electron chi connectivity index (χ1n) is 16.5. The van der Waals surface area contributed by atoms with E-state index in [4.69, 9.17) is 6.42 Å². The molecule has 2 aromatic rings. The summed E-state index contributed by atoms with van der Waals surface area (Å²) < 4.78 is 0. The van der Waals surface area contributed by atoms with Crippen LogP contribution in [0.15, 0.2) is 158 Å². The van der Waals surface area contributed by atoms with Gasteiger partial charge in [0.2, 0.25) is 0 Å². The first-order chi connectivity index (χ1) is 24.0. The van der Waals surface area contributed by atoms with Crippen LogP contribution < -0.4 is 0 Å². The second-order valence-electron chi connectivity index (χ2n) is 10.9. The summed E-state index contributed by atoms with van der Waals surface area (Å²) in [4.78, 5) is 27.7. The molecule has 1 N–H and O–H groups in total. The minimum Gasteiger partial charge on any atom is -0.507 e. The summed E-state index contributed by atoms with van der Waals surface area (Å²) in [6, 6.07) is 11.4. The number of rotatable bonds is 12. The van der Waals surface area contributed by atoms with Crippen molar-refractivity contribution >= 4 is 23.2 Å². The molecular formula is C47H54O3. The molecule has 0 amide bonds. The number of benzene rings is 2. The molecule has 0 bridgehead atoms. The Kier molecular flexibility index (Phi) is 20.2. The monoisotopic (exact) mass is 666 g/mol. The van der Waals surface area contributed by atoms with Crippen LogP contribution in [-0.2, 0) is 11.2 Å². The summed E-state index contributed by atoms with van der Waals surface area (Å²) in [5, 5.41) is 11.1. The highest BCUT2D eigenvalue weighted by molar-refractivity contribution is 6.20. The van der Waals surface area contributed by atoms with Crippen molar-refractivity contribution in [3.63, 3.8) is 0 Å². The Morgan fingerprint density at radius 1 is 1.04 bits per heavy atom. The molecule has 3 rings (SSSR count). The van der Waals surface area contributed by atoms with Gasteiger partial charge >= 0.3 is 0 Å². The van der Waals surface area contributed by atoms with Gasteiger partial charge in [0.15, 0.2) is 11.6 Å². The van der Waals surface area contributed by atoms with Crippen molar-refractivity contribution in [1.82, 2.24) is 0 Å². The van der Waals surface area contributed by atoms with E-state index in [1.807, 2.05) is 76.3 Å². The third-order valence-corrected chi connectivity index (χ3v) is 7.83. The molecule has 3 nitrogen and oxygen atoms in total. The molecule has 1 aliphatic rings. The molecule has 0 aliphatic heterocycles. The van der Waals surface area contributed by atoms with Crippen molar-refractivity contribution < 1.29 is 14.7 Å². The van der Waals surface area contributed by atoms with Crippen LogP contribution in [0.4, 0.5) is 0 Å². The van der Waals surface area contributed by atoms with Crippen molar-refractivity contribution in [1.29, 1.82) is 0 Å². The highest BCUT2D eigenvalue weighted by atomic mass is 16.3. The lowest BCUT2D eigenvalue weighted by Crippen LogP contribution is -2.17. The van der Waals surface area contributed by atoms with Gasteiger partial charge in [0.05, 0.1) is 0 Å². The summed E-state index contributed by atoms with van der Waals surface area (Å²) >= 11 is 0. The highest BCUT2D eigenvalue weighted by Crippen LogP contribution is 2.42. The van der Waals surface area contributed by atoms with Crippen LogP contribution >= 0.6 is 0 Å². The Bertz CT molecular complexity index is 1790. The van der Waals surface area contributed by atoms with Gasteiger partial charge in [-0.15, -0.1) is 38.7 Å². The van der Waals surface area contributed by atoms with E-state index in [0.717, 1.165) is 22.3 Å². The Morgan fingerprint density at radius 3 is 2.16 bits per heavy atom. The van der Waals surface area contributed by atoms with Gasteiger partial charge in [-0.05, 0) is 85.3 Å². The van der Waals surface area contributed by atoms with Gasteiger partial charge in [0.25, 0.3) is 0 Å². The second-order valence-corrected chi connectivity index (χ2v) is 10.9. The Balaban J connectivity index is 0.00000379. The zero-order valence-electron chi connectivity index (χ0n) is 31.0. The van der Waals surface area contributed by atoms with Gasteiger partial charge in [-0.2, -0.15) is 0 Å². The molecule has 0 saturated carbocycles. The van der Waals surface area contributed by atoms with E-state index < -0.39 is 0 Å². The van der Waals surface area contributed by atoms with Gasteiger partial charge in [0, 0.05) is 40.7 Å². The molecule has 3 heteroatoms. The van der Waals surface area contributed by atoms with Crippen LogP contribution in [0.3, 0.4) is 0 Å². The van der Waals surface area contributed by atoms with Crippen LogP contribution in [0.1, 0.15) is 87.0 Å². The topological polar surface area (TPSA) is 54.4 Å². The average Bonchev–Trinajstić information content (AvgIpc) is 3.14. The predicted octanol–water partition coefficient (Wildman–Crippen LogP) is 12.3. The van der Waals surface area contributed by atoms with Crippen molar-refractivity contribution in [3.8, 4) is 18.1 Å². The fourth-order valence-electron chi connectivity index (χ4n) is 5.43. The standard InChI is InChI=1S/C41H40O3.C2H6.2C2H4/c1-10-17-26(5)34(23-31(18-11-2)19-12-3)29(8)39(42)27(6)22-35-28(7)36-25-33(13-4)41(44)37(38(36)40(43)30(35)9)24-32-20-15-14-16-21-32;3*1-2/h1,11-16,18-22,25,44H,2,4,7-8,17,23-24H2,3,5-6,9H3;1-2H3;2*1-2H2/b19-12-,27-22+,31-18+,34-26-;;;. The van der Waals surface area contributed by atoms with E-state index in [2.05, 4.69) is 58.6 Å². The van der Waals surface area contributed by atoms with Gasteiger partial charge < -0.3 is 5.11 Å². The molecule has 0 fully saturated rings.